The zero-order chi connectivity index (χ0) is 31.7. The third-order valence-corrected chi connectivity index (χ3v) is 9.91. The van der Waals surface area contributed by atoms with Gasteiger partial charge in [-0.15, -0.1) is 0 Å². The summed E-state index contributed by atoms with van der Waals surface area (Å²) in [6, 6.07) is 16.9. The van der Waals surface area contributed by atoms with Gasteiger partial charge in [-0.05, 0) is 86.3 Å². The number of benzene rings is 3. The van der Waals surface area contributed by atoms with Gasteiger partial charge in [-0.2, -0.15) is 0 Å². The molecule has 3 aromatic rings. The topological polar surface area (TPSA) is 96.0 Å². The van der Waals surface area contributed by atoms with Gasteiger partial charge in [-0.1, -0.05) is 56.0 Å². The van der Waals surface area contributed by atoms with E-state index in [1.165, 1.54) is 41.3 Å². The number of sulfonamides is 1. The number of nitrogens with one attached hydrogen (secondary N) is 1. The van der Waals surface area contributed by atoms with Crippen LogP contribution in [0.2, 0.25) is 5.02 Å². The van der Waals surface area contributed by atoms with Crippen molar-refractivity contribution in [2.45, 2.75) is 75.9 Å². The molecular weight excluding hydrogens is 605 g/mol. The first-order chi connectivity index (χ1) is 21.1. The molecule has 0 saturated heterocycles. The van der Waals surface area contributed by atoms with Crippen LogP contribution in [0, 0.1) is 5.82 Å². The molecule has 0 aliphatic heterocycles. The van der Waals surface area contributed by atoms with Crippen molar-refractivity contribution in [1.29, 1.82) is 0 Å². The lowest BCUT2D eigenvalue weighted by molar-refractivity contribution is -0.140. The fourth-order valence-electron chi connectivity index (χ4n) is 5.41. The van der Waals surface area contributed by atoms with E-state index >= 15 is 0 Å². The highest BCUT2D eigenvalue weighted by Crippen LogP contribution is 2.27. The van der Waals surface area contributed by atoms with Crippen LogP contribution >= 0.6 is 11.6 Å². The number of nitrogens with zero attached hydrogens (tertiary/aromatic N) is 2. The van der Waals surface area contributed by atoms with Crippen molar-refractivity contribution >= 4 is 39.1 Å². The Hall–Kier alpha value is -3.63. The van der Waals surface area contributed by atoms with Crippen LogP contribution in [0.5, 0.6) is 5.75 Å². The molecule has 44 heavy (non-hydrogen) atoms. The number of halogens is 2. The quantitative estimate of drug-likeness (QED) is 0.235. The van der Waals surface area contributed by atoms with Crippen molar-refractivity contribution < 1.29 is 27.1 Å². The second kappa shape index (κ2) is 15.4. The predicted molar refractivity (Wildman–Crippen MR) is 170 cm³/mol. The lowest BCUT2D eigenvalue weighted by atomic mass is 9.95. The minimum Gasteiger partial charge on any atom is -0.494 e. The Labute approximate surface area is 264 Å². The highest BCUT2D eigenvalue weighted by atomic mass is 35.5. The summed E-state index contributed by atoms with van der Waals surface area (Å²) in [5.41, 5.74) is 0.722. The normalized spacial score (nSPS) is 14.5. The van der Waals surface area contributed by atoms with Gasteiger partial charge in [0.05, 0.1) is 17.2 Å². The van der Waals surface area contributed by atoms with E-state index in [1.54, 1.807) is 24.3 Å². The summed E-state index contributed by atoms with van der Waals surface area (Å²) >= 11 is 6.47. The molecule has 8 nitrogen and oxygen atoms in total. The van der Waals surface area contributed by atoms with Gasteiger partial charge in [-0.3, -0.25) is 13.9 Å². The summed E-state index contributed by atoms with van der Waals surface area (Å²) in [6.45, 7) is 3.41. The number of anilines is 1. The zero-order valence-corrected chi connectivity index (χ0v) is 26.6. The molecule has 0 spiro atoms. The summed E-state index contributed by atoms with van der Waals surface area (Å²) in [4.78, 5) is 29.2. The molecule has 0 radical (unpaired) electrons. The molecule has 1 aliphatic rings. The van der Waals surface area contributed by atoms with Crippen LogP contribution in [0.15, 0.2) is 77.7 Å². The summed E-state index contributed by atoms with van der Waals surface area (Å²) in [7, 11) is -4.30. The molecule has 1 fully saturated rings. The van der Waals surface area contributed by atoms with Gasteiger partial charge in [0.2, 0.25) is 11.8 Å². The molecule has 3 aromatic carbocycles. The van der Waals surface area contributed by atoms with Gasteiger partial charge in [-0.25, -0.2) is 12.8 Å². The van der Waals surface area contributed by atoms with Crippen LogP contribution in [0.1, 0.15) is 57.9 Å². The van der Waals surface area contributed by atoms with Crippen molar-refractivity contribution in [2.24, 2.45) is 0 Å². The Morgan fingerprint density at radius 3 is 2.25 bits per heavy atom. The van der Waals surface area contributed by atoms with Crippen molar-refractivity contribution in [3.8, 4) is 5.75 Å². The maximum atomic E-state index is 14.2. The Morgan fingerprint density at radius 1 is 0.977 bits per heavy atom. The lowest BCUT2D eigenvalue weighted by Crippen LogP contribution is -2.54. The van der Waals surface area contributed by atoms with Gasteiger partial charge in [0.15, 0.2) is 0 Å². The van der Waals surface area contributed by atoms with E-state index in [-0.39, 0.29) is 29.1 Å². The summed E-state index contributed by atoms with van der Waals surface area (Å²) < 4.78 is 48.3. The molecule has 1 saturated carbocycles. The number of ether oxygens (including phenoxy) is 1. The molecule has 1 unspecified atom stereocenters. The third-order valence-electron chi connectivity index (χ3n) is 7.75. The van der Waals surface area contributed by atoms with Gasteiger partial charge in [0.25, 0.3) is 10.0 Å². The second-order valence-corrected chi connectivity index (χ2v) is 13.0. The number of amides is 2. The largest absolute Gasteiger partial charge is 0.494 e. The van der Waals surface area contributed by atoms with Crippen LogP contribution < -0.4 is 14.4 Å². The predicted octanol–water partition coefficient (Wildman–Crippen LogP) is 6.33. The first-order valence-electron chi connectivity index (χ1n) is 15.0. The molecule has 0 aromatic heterocycles. The fourth-order valence-corrected chi connectivity index (χ4v) is 7.02. The van der Waals surface area contributed by atoms with Crippen molar-refractivity contribution in [1.82, 2.24) is 10.2 Å². The smallest absolute Gasteiger partial charge is 0.264 e. The van der Waals surface area contributed by atoms with E-state index in [0.717, 1.165) is 48.5 Å². The Bertz CT molecular complexity index is 1510. The molecule has 1 atom stereocenters. The van der Waals surface area contributed by atoms with Crippen LogP contribution in [0.25, 0.3) is 0 Å². The van der Waals surface area contributed by atoms with Gasteiger partial charge in [0.1, 0.15) is 24.2 Å². The van der Waals surface area contributed by atoms with Crippen LogP contribution in [0.3, 0.4) is 0 Å². The van der Waals surface area contributed by atoms with E-state index in [0.29, 0.717) is 29.4 Å². The molecule has 0 bridgehead atoms. The highest BCUT2D eigenvalue weighted by Gasteiger charge is 2.34. The van der Waals surface area contributed by atoms with Gasteiger partial charge in [0, 0.05) is 17.6 Å². The number of hydrogen-bond acceptors (Lipinski definition) is 5. The minimum atomic E-state index is -4.30. The van der Waals surface area contributed by atoms with Crippen molar-refractivity contribution in [3.63, 3.8) is 0 Å². The summed E-state index contributed by atoms with van der Waals surface area (Å²) in [6.07, 6.45) is 5.23. The third kappa shape index (κ3) is 8.30. The average Bonchev–Trinajstić information content (AvgIpc) is 3.02. The monoisotopic (exact) mass is 643 g/mol. The Morgan fingerprint density at radius 2 is 1.64 bits per heavy atom. The van der Waals surface area contributed by atoms with Crippen LogP contribution in [0.4, 0.5) is 10.1 Å². The summed E-state index contributed by atoms with van der Waals surface area (Å²) in [5, 5.41) is 3.54. The fraction of sp³-hybridized carbons (Fsp3) is 0.394. The molecule has 1 N–H and O–H groups in total. The molecule has 0 heterocycles. The van der Waals surface area contributed by atoms with E-state index in [2.05, 4.69) is 5.32 Å². The number of hydrogen-bond donors (Lipinski definition) is 1. The molecule has 1 aliphatic carbocycles. The molecule has 236 valence electrons. The SMILES string of the molecule is CCOc1ccc(S(=O)(=O)N(CC(=O)N(Cc2ccccc2Cl)C(CC)C(=O)NC2CCCCC2)c2ccc(F)cc2)cc1. The number of rotatable bonds is 13. The van der Waals surface area contributed by atoms with E-state index in [4.69, 9.17) is 16.3 Å². The maximum absolute atomic E-state index is 14.2. The standard InChI is InChI=1S/C33H39ClFN3O5S/c1-3-31(33(40)36-26-11-6-5-7-12-26)37(22-24-10-8-9-13-30(24)34)32(39)23-38(27-16-14-25(35)15-17-27)44(41,42)29-20-18-28(19-21-29)43-4-2/h8-10,13-21,26,31H,3-7,11-12,22-23H2,1-2H3,(H,36,40). The average molecular weight is 644 g/mol. The van der Waals surface area contributed by atoms with E-state index in [1.807, 2.05) is 13.8 Å². The first kappa shape index (κ1) is 33.3. The van der Waals surface area contributed by atoms with Crippen LogP contribution in [-0.4, -0.2) is 50.4 Å². The lowest BCUT2D eigenvalue weighted by Gasteiger charge is -2.34. The van der Waals surface area contributed by atoms with Crippen molar-refractivity contribution in [2.75, 3.05) is 17.5 Å². The van der Waals surface area contributed by atoms with Crippen molar-refractivity contribution in [3.05, 3.63) is 89.2 Å². The van der Waals surface area contributed by atoms with E-state index in [9.17, 15) is 22.4 Å². The maximum Gasteiger partial charge on any atom is 0.264 e. The number of carbonyl (C=O) groups is 2. The Balaban J connectivity index is 1.70. The molecule has 4 rings (SSSR count). The second-order valence-electron chi connectivity index (χ2n) is 10.8. The van der Waals surface area contributed by atoms with Crippen LogP contribution in [-0.2, 0) is 26.2 Å². The van der Waals surface area contributed by atoms with E-state index < -0.39 is 34.3 Å². The Kier molecular flexibility index (Phi) is 11.6. The molecule has 11 heteroatoms. The molecule has 2 amide bonds. The molecular formula is C33H39ClFN3O5S. The van der Waals surface area contributed by atoms with Gasteiger partial charge < -0.3 is 15.0 Å². The summed E-state index contributed by atoms with van der Waals surface area (Å²) in [5.74, 6) is -0.947. The zero-order valence-electron chi connectivity index (χ0n) is 25.0. The first-order valence-corrected chi connectivity index (χ1v) is 16.8. The number of carbonyl (C=O) groups excluding carboxylic acids is 2. The highest BCUT2D eigenvalue weighted by molar-refractivity contribution is 7.92. The minimum absolute atomic E-state index is 0.00450. The van der Waals surface area contributed by atoms with Gasteiger partial charge >= 0.3 is 0 Å².